The van der Waals surface area contributed by atoms with Crippen LogP contribution in [0.5, 0.6) is 5.75 Å². The number of nitrogens with zero attached hydrogens (tertiary/aromatic N) is 2. The van der Waals surface area contributed by atoms with Crippen LogP contribution in [-0.4, -0.2) is 43.3 Å². The molecule has 1 saturated carbocycles. The smallest absolute Gasteiger partial charge is 0.252 e. The Labute approximate surface area is 194 Å². The first kappa shape index (κ1) is 23.2. The van der Waals surface area contributed by atoms with E-state index in [4.69, 9.17) is 4.74 Å². The number of nitrogens with one attached hydrogen (secondary N) is 1. The molecule has 0 unspecified atom stereocenters. The van der Waals surface area contributed by atoms with Crippen molar-refractivity contribution in [1.82, 2.24) is 9.29 Å². The molecule has 0 radical (unpaired) electrons. The fraction of sp³-hybridized carbons (Fsp3) is 0.565. The second-order valence-corrected chi connectivity index (χ2v) is 11.9. The van der Waals surface area contributed by atoms with Crippen molar-refractivity contribution in [3.63, 3.8) is 0 Å². The van der Waals surface area contributed by atoms with Crippen LogP contribution in [0.4, 0.5) is 5.82 Å². The van der Waals surface area contributed by atoms with Crippen LogP contribution in [0.1, 0.15) is 56.2 Å². The molecule has 2 fully saturated rings. The fourth-order valence-electron chi connectivity index (χ4n) is 4.32. The Bertz CT molecular complexity index is 1010. The molecule has 2 aromatic heterocycles. The number of ether oxygens (including phenoxy) is 1. The van der Waals surface area contributed by atoms with Gasteiger partial charge in [-0.2, -0.15) is 4.31 Å². The summed E-state index contributed by atoms with van der Waals surface area (Å²) < 4.78 is 33.5. The third-order valence-electron chi connectivity index (χ3n) is 6.11. The second-order valence-electron chi connectivity index (χ2n) is 8.58. The number of anilines is 1. The molecule has 0 bridgehead atoms. The van der Waals surface area contributed by atoms with Gasteiger partial charge in [-0.1, -0.05) is 25.7 Å². The molecule has 174 valence electrons. The summed E-state index contributed by atoms with van der Waals surface area (Å²) in [6.45, 7) is 1.77. The molecule has 32 heavy (non-hydrogen) atoms. The molecule has 2 aliphatic rings. The van der Waals surface area contributed by atoms with Gasteiger partial charge in [-0.25, -0.2) is 13.4 Å². The molecule has 1 aliphatic heterocycles. The van der Waals surface area contributed by atoms with Crippen molar-refractivity contribution in [3.05, 3.63) is 35.3 Å². The summed E-state index contributed by atoms with van der Waals surface area (Å²) in [5.74, 6) is 1.30. The van der Waals surface area contributed by atoms with Gasteiger partial charge in [0.15, 0.2) is 11.6 Å². The third-order valence-corrected chi connectivity index (χ3v) is 9.56. The molecule has 0 atom stereocenters. The highest BCUT2D eigenvalue weighted by Gasteiger charge is 2.27. The summed E-state index contributed by atoms with van der Waals surface area (Å²) in [6, 6.07) is 6.94. The van der Waals surface area contributed by atoms with Gasteiger partial charge in [0.1, 0.15) is 4.21 Å². The minimum absolute atomic E-state index is 0.0961. The normalized spacial score (nSPS) is 18.4. The lowest BCUT2D eigenvalue weighted by molar-refractivity contribution is -0.115. The zero-order chi connectivity index (χ0) is 22.4. The fourth-order valence-corrected chi connectivity index (χ4v) is 7.35. The number of carbonyl (C=O) groups is 1. The van der Waals surface area contributed by atoms with Crippen molar-refractivity contribution in [2.24, 2.45) is 5.92 Å². The van der Waals surface area contributed by atoms with Crippen molar-refractivity contribution in [1.29, 1.82) is 0 Å². The Balaban J connectivity index is 1.35. The van der Waals surface area contributed by atoms with Crippen molar-refractivity contribution in [2.75, 3.05) is 25.0 Å². The summed E-state index contributed by atoms with van der Waals surface area (Å²) in [5, 5.41) is 2.83. The number of hydrogen-bond acceptors (Lipinski definition) is 6. The largest absolute Gasteiger partial charge is 0.489 e. The molecular formula is C23H31N3O4S2. The van der Waals surface area contributed by atoms with Crippen LogP contribution in [0.25, 0.3) is 0 Å². The van der Waals surface area contributed by atoms with Crippen molar-refractivity contribution < 1.29 is 17.9 Å². The van der Waals surface area contributed by atoms with Crippen molar-refractivity contribution in [2.45, 2.75) is 62.0 Å². The van der Waals surface area contributed by atoms with Crippen LogP contribution in [0, 0.1) is 5.92 Å². The number of sulfonamides is 1. The van der Waals surface area contributed by atoms with Crippen LogP contribution in [0.2, 0.25) is 0 Å². The number of thiophene rings is 1. The van der Waals surface area contributed by atoms with E-state index < -0.39 is 10.0 Å². The van der Waals surface area contributed by atoms with Gasteiger partial charge in [-0.3, -0.25) is 4.79 Å². The predicted octanol–water partition coefficient (Wildman–Crippen LogP) is 4.46. The number of rotatable bonds is 8. The molecular weight excluding hydrogens is 446 g/mol. The van der Waals surface area contributed by atoms with E-state index in [-0.39, 0.29) is 12.3 Å². The van der Waals surface area contributed by atoms with Crippen LogP contribution in [-0.2, 0) is 21.2 Å². The van der Waals surface area contributed by atoms with Crippen LogP contribution < -0.4 is 10.1 Å². The van der Waals surface area contributed by atoms with Crippen molar-refractivity contribution in [3.8, 4) is 5.75 Å². The lowest BCUT2D eigenvalue weighted by Gasteiger charge is -2.25. The van der Waals surface area contributed by atoms with E-state index in [1.165, 1.54) is 32.1 Å². The van der Waals surface area contributed by atoms with Gasteiger partial charge in [-0.15, -0.1) is 11.3 Å². The van der Waals surface area contributed by atoms with Gasteiger partial charge >= 0.3 is 0 Å². The van der Waals surface area contributed by atoms with Gasteiger partial charge in [0.05, 0.1) is 13.0 Å². The van der Waals surface area contributed by atoms with E-state index in [0.717, 1.165) is 30.6 Å². The molecule has 1 aliphatic carbocycles. The Hall–Kier alpha value is -1.97. The SMILES string of the molecule is O=C(Cc1ccc(S(=O)(=O)N2CCCCC2)s1)Nc1ncccc1OCC1CCCCC1. The molecule has 7 nitrogen and oxygen atoms in total. The van der Waals surface area contributed by atoms with Crippen LogP contribution in [0.3, 0.4) is 0 Å². The van der Waals surface area contributed by atoms with E-state index in [0.29, 0.717) is 46.3 Å². The number of amides is 1. The second kappa shape index (κ2) is 10.8. The van der Waals surface area contributed by atoms with E-state index >= 15 is 0 Å². The lowest BCUT2D eigenvalue weighted by Crippen LogP contribution is -2.35. The first-order valence-corrected chi connectivity index (χ1v) is 13.7. The van der Waals surface area contributed by atoms with E-state index in [1.807, 2.05) is 6.07 Å². The van der Waals surface area contributed by atoms with Gasteiger partial charge in [0, 0.05) is 24.2 Å². The molecule has 1 N–H and O–H groups in total. The highest BCUT2D eigenvalue weighted by Crippen LogP contribution is 2.29. The highest BCUT2D eigenvalue weighted by atomic mass is 32.2. The zero-order valence-electron chi connectivity index (χ0n) is 18.3. The quantitative estimate of drug-likeness (QED) is 0.606. The molecule has 2 aromatic rings. The van der Waals surface area contributed by atoms with Gasteiger partial charge in [0.2, 0.25) is 5.91 Å². The number of aromatic nitrogens is 1. The topological polar surface area (TPSA) is 88.6 Å². The first-order chi connectivity index (χ1) is 15.5. The average molecular weight is 478 g/mol. The molecule has 3 heterocycles. The van der Waals surface area contributed by atoms with Gasteiger partial charge in [0.25, 0.3) is 10.0 Å². The van der Waals surface area contributed by atoms with Crippen molar-refractivity contribution >= 4 is 33.1 Å². The summed E-state index contributed by atoms with van der Waals surface area (Å²) in [6.07, 6.45) is 10.8. The number of pyridine rings is 1. The first-order valence-electron chi connectivity index (χ1n) is 11.5. The molecule has 1 saturated heterocycles. The highest BCUT2D eigenvalue weighted by molar-refractivity contribution is 7.91. The monoisotopic (exact) mass is 477 g/mol. The molecule has 0 aromatic carbocycles. The third kappa shape index (κ3) is 5.88. The maximum atomic E-state index is 12.8. The molecule has 9 heteroatoms. The Kier molecular flexibility index (Phi) is 7.80. The predicted molar refractivity (Wildman–Crippen MR) is 126 cm³/mol. The maximum Gasteiger partial charge on any atom is 0.252 e. The number of hydrogen-bond donors (Lipinski definition) is 1. The van der Waals surface area contributed by atoms with E-state index in [9.17, 15) is 13.2 Å². The van der Waals surface area contributed by atoms with Gasteiger partial charge in [-0.05, 0) is 55.9 Å². The molecule has 1 amide bonds. The molecule has 4 rings (SSSR count). The minimum atomic E-state index is -3.47. The van der Waals surface area contributed by atoms with E-state index in [2.05, 4.69) is 10.3 Å². The lowest BCUT2D eigenvalue weighted by atomic mass is 9.90. The van der Waals surface area contributed by atoms with E-state index in [1.54, 1.807) is 28.7 Å². The van der Waals surface area contributed by atoms with Crippen LogP contribution in [0.15, 0.2) is 34.7 Å². The molecule has 0 spiro atoms. The minimum Gasteiger partial charge on any atom is -0.489 e. The Morgan fingerprint density at radius 2 is 1.84 bits per heavy atom. The summed E-state index contributed by atoms with van der Waals surface area (Å²) >= 11 is 1.16. The summed E-state index contributed by atoms with van der Waals surface area (Å²) in [5.41, 5.74) is 0. The van der Waals surface area contributed by atoms with Gasteiger partial charge < -0.3 is 10.1 Å². The summed E-state index contributed by atoms with van der Waals surface area (Å²) in [7, 11) is -3.47. The number of carbonyl (C=O) groups excluding carboxylic acids is 1. The average Bonchev–Trinajstić information content (AvgIpc) is 3.29. The maximum absolute atomic E-state index is 12.8. The Morgan fingerprint density at radius 1 is 1.09 bits per heavy atom. The van der Waals surface area contributed by atoms with Crippen LogP contribution >= 0.6 is 11.3 Å². The number of piperidine rings is 1. The zero-order valence-corrected chi connectivity index (χ0v) is 19.9. The Morgan fingerprint density at radius 3 is 2.62 bits per heavy atom. The summed E-state index contributed by atoms with van der Waals surface area (Å²) in [4.78, 5) is 17.6. The standard InChI is InChI=1S/C23H31N3O4S2/c27-21(16-19-11-12-22(31-19)32(28,29)26-14-5-2-6-15-26)25-23-20(10-7-13-24-23)30-17-18-8-3-1-4-9-18/h7,10-13,18H,1-6,8-9,14-17H2,(H,24,25,27).